The maximum absolute atomic E-state index is 12.7. The van der Waals surface area contributed by atoms with Crippen molar-refractivity contribution in [3.05, 3.63) is 0 Å². The van der Waals surface area contributed by atoms with Crippen LogP contribution < -0.4 is 14.7 Å². The van der Waals surface area contributed by atoms with Crippen LogP contribution in [0, 0.1) is 17.8 Å². The molecule has 6 fully saturated rings. The number of piperazine rings is 3. The second-order valence-electron chi connectivity index (χ2n) is 19.9. The zero-order valence-electron chi connectivity index (χ0n) is 38.1. The number of piperidine rings is 3. The summed E-state index contributed by atoms with van der Waals surface area (Å²) in [5.41, 5.74) is 0. The smallest absolute Gasteiger partial charge is 0.232 e. The van der Waals surface area contributed by atoms with Gasteiger partial charge in [0.05, 0.1) is 0 Å². The van der Waals surface area contributed by atoms with Gasteiger partial charge >= 0.3 is 0 Å². The van der Waals surface area contributed by atoms with Crippen LogP contribution in [-0.4, -0.2) is 198 Å². The molecule has 0 N–H and O–H groups in total. The van der Waals surface area contributed by atoms with E-state index in [0.717, 1.165) is 174 Å². The molecule has 6 aliphatic rings. The van der Waals surface area contributed by atoms with Crippen molar-refractivity contribution in [3.63, 3.8) is 0 Å². The lowest BCUT2D eigenvalue weighted by molar-refractivity contribution is -0.134. The second-order valence-corrected chi connectivity index (χ2v) is 19.9. The molecule has 0 atom stereocenters. The lowest BCUT2D eigenvalue weighted by atomic mass is 10.0. The molecule has 15 heteroatoms. The van der Waals surface area contributed by atoms with Crippen molar-refractivity contribution < 1.29 is 14.4 Å². The van der Waals surface area contributed by atoms with Crippen molar-refractivity contribution >= 4 is 35.6 Å². The van der Waals surface area contributed by atoms with Gasteiger partial charge in [-0.25, -0.2) is 0 Å². The standard InChI is InChI=1S/C45H78N12O3/c1-34(2)31-40(58)52-13-7-37(8-14-52)49-19-25-55(26-20-49)43-46-44(56-27-21-50(22-28-56)38-9-15-53(16-10-38)41(59)32-35(3)4)48-45(47-43)57-29-23-51(24-30-57)39-11-17-54(18-12-39)42(60)33-36(5)6/h34-39H,7-33H2,1-6H3. The van der Waals surface area contributed by atoms with E-state index in [-0.39, 0.29) is 0 Å². The van der Waals surface area contributed by atoms with Gasteiger partial charge in [-0.15, -0.1) is 0 Å². The molecule has 1 aromatic rings. The summed E-state index contributed by atoms with van der Waals surface area (Å²) in [4.78, 5) is 75.1. The lowest BCUT2D eigenvalue weighted by Crippen LogP contribution is -2.55. The van der Waals surface area contributed by atoms with E-state index in [0.29, 0.717) is 72.9 Å². The first-order valence-corrected chi connectivity index (χ1v) is 24.0. The zero-order chi connectivity index (χ0) is 42.3. The number of carbonyl (C=O) groups excluding carboxylic acids is 3. The van der Waals surface area contributed by atoms with Gasteiger partial charge in [0.2, 0.25) is 35.6 Å². The molecule has 1 aromatic heterocycles. The Morgan fingerprint density at radius 1 is 0.383 bits per heavy atom. The van der Waals surface area contributed by atoms with E-state index in [1.54, 1.807) is 0 Å². The van der Waals surface area contributed by atoms with Crippen LogP contribution in [0.15, 0.2) is 0 Å². The Morgan fingerprint density at radius 3 is 0.800 bits per heavy atom. The number of anilines is 3. The number of carbonyl (C=O) groups is 3. The van der Waals surface area contributed by atoms with Crippen LogP contribution >= 0.6 is 0 Å². The maximum Gasteiger partial charge on any atom is 0.232 e. The average Bonchev–Trinajstić information content (AvgIpc) is 3.26. The molecule has 0 radical (unpaired) electrons. The van der Waals surface area contributed by atoms with Crippen molar-refractivity contribution in [2.75, 3.05) is 133 Å². The normalized spacial score (nSPS) is 23.1. The fourth-order valence-electron chi connectivity index (χ4n) is 10.5. The maximum atomic E-state index is 12.7. The first-order chi connectivity index (χ1) is 28.9. The molecule has 0 aliphatic carbocycles. The van der Waals surface area contributed by atoms with Gasteiger partial charge < -0.3 is 29.4 Å². The Kier molecular flexibility index (Phi) is 15.4. The van der Waals surface area contributed by atoms with Crippen LogP contribution in [-0.2, 0) is 14.4 Å². The SMILES string of the molecule is CC(C)CC(=O)N1CCC(N2CCN(c3nc(N4CCN(C5CCN(C(=O)CC(C)C)CC5)CC4)nc(N4CCN(C5CCN(C(=O)CC(C)C)CC5)CC4)n3)CC2)CC1. The number of aromatic nitrogens is 3. The first kappa shape index (κ1) is 44.7. The third-order valence-corrected chi connectivity index (χ3v) is 14.1. The molecule has 3 amide bonds. The van der Waals surface area contributed by atoms with Crippen molar-refractivity contribution in [3.8, 4) is 0 Å². The van der Waals surface area contributed by atoms with Gasteiger partial charge in [-0.05, 0) is 56.3 Å². The molecule has 0 unspecified atom stereocenters. The highest BCUT2D eigenvalue weighted by Gasteiger charge is 2.34. The minimum atomic E-state index is 0.309. The van der Waals surface area contributed by atoms with E-state index in [9.17, 15) is 14.4 Å². The summed E-state index contributed by atoms with van der Waals surface area (Å²) in [6, 6.07) is 1.56. The van der Waals surface area contributed by atoms with Crippen LogP contribution in [0.3, 0.4) is 0 Å². The Hall–Kier alpha value is -3.30. The van der Waals surface area contributed by atoms with Crippen LogP contribution in [0.5, 0.6) is 0 Å². The van der Waals surface area contributed by atoms with Gasteiger partial charge in [-0.3, -0.25) is 29.1 Å². The monoisotopic (exact) mass is 835 g/mol. The largest absolute Gasteiger partial charge is 0.343 e. The molecule has 336 valence electrons. The predicted octanol–water partition coefficient (Wildman–Crippen LogP) is 3.35. The van der Waals surface area contributed by atoms with Gasteiger partial charge in [-0.1, -0.05) is 41.5 Å². The first-order valence-electron chi connectivity index (χ1n) is 24.0. The number of hydrogen-bond acceptors (Lipinski definition) is 12. The van der Waals surface area contributed by atoms with E-state index < -0.39 is 0 Å². The summed E-state index contributed by atoms with van der Waals surface area (Å²) in [6.45, 7) is 29.1. The minimum absolute atomic E-state index is 0.309. The zero-order valence-corrected chi connectivity index (χ0v) is 38.1. The van der Waals surface area contributed by atoms with Crippen molar-refractivity contribution in [2.45, 2.75) is 117 Å². The van der Waals surface area contributed by atoms with Crippen LogP contribution in [0.4, 0.5) is 17.8 Å². The van der Waals surface area contributed by atoms with Crippen molar-refractivity contribution in [1.29, 1.82) is 0 Å². The molecule has 6 aliphatic heterocycles. The molecule has 0 aromatic carbocycles. The summed E-state index contributed by atoms with van der Waals surface area (Å²) in [5, 5.41) is 0. The quantitative estimate of drug-likeness (QED) is 0.308. The summed E-state index contributed by atoms with van der Waals surface area (Å²) in [7, 11) is 0. The number of amides is 3. The average molecular weight is 835 g/mol. The van der Waals surface area contributed by atoms with E-state index >= 15 is 0 Å². The highest BCUT2D eigenvalue weighted by atomic mass is 16.2. The topological polar surface area (TPSA) is 119 Å². The summed E-state index contributed by atoms with van der Waals surface area (Å²) < 4.78 is 0. The lowest BCUT2D eigenvalue weighted by Gasteiger charge is -2.44. The van der Waals surface area contributed by atoms with Crippen LogP contribution in [0.1, 0.15) is 99.3 Å². The van der Waals surface area contributed by atoms with E-state index in [2.05, 4.69) is 85.6 Å². The molecule has 7 heterocycles. The molecule has 0 bridgehead atoms. The Morgan fingerprint density at radius 2 is 0.600 bits per heavy atom. The highest BCUT2D eigenvalue weighted by Crippen LogP contribution is 2.27. The molecule has 15 nitrogen and oxygen atoms in total. The molecule has 6 saturated heterocycles. The number of hydrogen-bond donors (Lipinski definition) is 0. The summed E-state index contributed by atoms with van der Waals surface area (Å²) in [5.74, 6) is 4.52. The third kappa shape index (κ3) is 11.6. The van der Waals surface area contributed by atoms with Gasteiger partial charge in [0.25, 0.3) is 0 Å². The highest BCUT2D eigenvalue weighted by molar-refractivity contribution is 5.77. The second kappa shape index (κ2) is 20.7. The molecule has 7 rings (SSSR count). The van der Waals surface area contributed by atoms with E-state index in [1.807, 2.05) is 0 Å². The van der Waals surface area contributed by atoms with E-state index in [4.69, 9.17) is 15.0 Å². The molecular weight excluding hydrogens is 757 g/mol. The predicted molar refractivity (Wildman–Crippen MR) is 238 cm³/mol. The number of rotatable bonds is 12. The van der Waals surface area contributed by atoms with Gasteiger partial charge in [0.15, 0.2) is 0 Å². The van der Waals surface area contributed by atoms with Gasteiger partial charge in [0.1, 0.15) is 0 Å². The van der Waals surface area contributed by atoms with E-state index in [1.165, 1.54) is 0 Å². The number of nitrogens with zero attached hydrogens (tertiary/aromatic N) is 12. The molecule has 0 spiro atoms. The Balaban J connectivity index is 0.968. The Bertz CT molecular complexity index is 1350. The van der Waals surface area contributed by atoms with Crippen molar-refractivity contribution in [1.82, 2.24) is 44.4 Å². The minimum Gasteiger partial charge on any atom is -0.343 e. The fraction of sp³-hybridized carbons (Fsp3) is 0.867. The summed E-state index contributed by atoms with van der Waals surface area (Å²) >= 11 is 0. The molecular formula is C45H78N12O3. The fourth-order valence-corrected chi connectivity index (χ4v) is 10.5. The van der Waals surface area contributed by atoms with Gasteiger partial charge in [0, 0.05) is 155 Å². The number of likely N-dealkylation sites (tertiary alicyclic amines) is 3. The molecule has 0 saturated carbocycles. The van der Waals surface area contributed by atoms with Crippen molar-refractivity contribution in [2.24, 2.45) is 17.8 Å². The van der Waals surface area contributed by atoms with Gasteiger partial charge in [-0.2, -0.15) is 15.0 Å². The Labute approximate surface area is 361 Å². The molecule has 60 heavy (non-hydrogen) atoms. The van der Waals surface area contributed by atoms with Crippen LogP contribution in [0.25, 0.3) is 0 Å². The summed E-state index contributed by atoms with van der Waals surface area (Å²) in [6.07, 6.45) is 8.23. The third-order valence-electron chi connectivity index (χ3n) is 14.1. The van der Waals surface area contributed by atoms with Crippen LogP contribution in [0.2, 0.25) is 0 Å².